The first-order valence-electron chi connectivity index (χ1n) is 14.3. The summed E-state index contributed by atoms with van der Waals surface area (Å²) < 4.78 is 8.04. The summed E-state index contributed by atoms with van der Waals surface area (Å²) >= 11 is 8.16. The van der Waals surface area contributed by atoms with E-state index in [1.54, 1.807) is 17.4 Å². The van der Waals surface area contributed by atoms with E-state index in [0.29, 0.717) is 22.9 Å². The first-order chi connectivity index (χ1) is 18.5. The number of halogens is 2. The number of anilines is 1. The van der Waals surface area contributed by atoms with Gasteiger partial charge >= 0.3 is 0 Å². The van der Waals surface area contributed by atoms with Gasteiger partial charge in [0.05, 0.1) is 22.2 Å². The number of ether oxygens (including phenoxy) is 1. The average Bonchev–Trinajstić information content (AvgIpc) is 3.33. The molecular weight excluding hydrogens is 592 g/mol. The van der Waals surface area contributed by atoms with Gasteiger partial charge in [-0.1, -0.05) is 113 Å². The maximum absolute atomic E-state index is 12.7. The van der Waals surface area contributed by atoms with E-state index in [0.717, 1.165) is 24.3 Å². The summed E-state index contributed by atoms with van der Waals surface area (Å²) in [6, 6.07) is 13.1. The third-order valence-electron chi connectivity index (χ3n) is 6.76. The second-order valence-corrected chi connectivity index (χ2v) is 11.7. The molecule has 4 nitrogen and oxygen atoms in total. The monoisotopic (exact) mass is 634 g/mol. The molecule has 7 heteroatoms. The van der Waals surface area contributed by atoms with Crippen LogP contribution in [0.4, 0.5) is 5.69 Å². The molecule has 39 heavy (non-hydrogen) atoms. The zero-order valence-electron chi connectivity index (χ0n) is 23.5. The van der Waals surface area contributed by atoms with E-state index in [9.17, 15) is 4.79 Å². The Morgan fingerprint density at radius 3 is 2.08 bits per heavy atom. The zero-order valence-corrected chi connectivity index (χ0v) is 26.7. The molecule has 1 N–H and O–H groups in total. The zero-order chi connectivity index (χ0) is 27.0. The smallest absolute Gasteiger partial charge is 0.255 e. The molecule has 1 heterocycles. The van der Waals surface area contributed by atoms with Gasteiger partial charge in [-0.15, -0.1) is 0 Å². The molecule has 0 atom stereocenters. The Labute approximate surface area is 254 Å². The maximum atomic E-state index is 12.7. The molecule has 0 unspecified atom stereocenters. The highest BCUT2D eigenvalue weighted by molar-refractivity contribution is 7.09. The topological polar surface area (TPSA) is 42.2 Å². The van der Waals surface area contributed by atoms with E-state index < -0.39 is 0 Å². The molecule has 0 fully saturated rings. The molecule has 0 bridgehead atoms. The number of carbonyl (C=O) groups is 1. The summed E-state index contributed by atoms with van der Waals surface area (Å²) in [5.74, 6) is 0.559. The second kappa shape index (κ2) is 19.2. The van der Waals surface area contributed by atoms with Crippen molar-refractivity contribution in [2.45, 2.75) is 97.4 Å². The summed E-state index contributed by atoms with van der Waals surface area (Å²) in [5.41, 5.74) is 4.44. The van der Waals surface area contributed by atoms with Crippen LogP contribution in [-0.4, -0.2) is 12.5 Å². The molecule has 1 amide bonds. The fraction of sp³-hybridized carbons (Fsp3) is 0.500. The fourth-order valence-corrected chi connectivity index (χ4v) is 5.37. The minimum absolute atomic E-state index is 0. The number of thiazole rings is 1. The van der Waals surface area contributed by atoms with Crippen LogP contribution in [0.3, 0.4) is 0 Å². The fourth-order valence-electron chi connectivity index (χ4n) is 4.52. The van der Waals surface area contributed by atoms with Crippen LogP contribution < -0.4 is 31.6 Å². The highest BCUT2D eigenvalue weighted by Gasteiger charge is 2.11. The van der Waals surface area contributed by atoms with Gasteiger partial charge in [0.1, 0.15) is 5.75 Å². The van der Waals surface area contributed by atoms with Crippen molar-refractivity contribution < 1.29 is 31.1 Å². The van der Waals surface area contributed by atoms with Gasteiger partial charge in [-0.25, -0.2) is 0 Å². The van der Waals surface area contributed by atoms with Crippen molar-refractivity contribution in [3.63, 3.8) is 0 Å². The van der Waals surface area contributed by atoms with Gasteiger partial charge in [0.15, 0.2) is 12.7 Å². The number of amides is 1. The van der Waals surface area contributed by atoms with Crippen molar-refractivity contribution >= 4 is 34.5 Å². The Bertz CT molecular complexity index is 1100. The van der Waals surface area contributed by atoms with Crippen molar-refractivity contribution in [1.29, 1.82) is 0 Å². The number of unbranched alkanes of at least 4 members (excludes halogenated alkanes) is 11. The molecule has 3 rings (SSSR count). The van der Waals surface area contributed by atoms with Crippen LogP contribution >= 0.6 is 22.9 Å². The van der Waals surface area contributed by atoms with Gasteiger partial charge in [0, 0.05) is 17.2 Å². The molecule has 1 aromatic heterocycles. The lowest BCUT2D eigenvalue weighted by molar-refractivity contribution is -0.683. The molecule has 0 saturated carbocycles. The molecular formula is C32H44BrClN2O2S. The maximum Gasteiger partial charge on any atom is 0.255 e. The minimum Gasteiger partial charge on any atom is -1.00 e. The van der Waals surface area contributed by atoms with E-state index in [2.05, 4.69) is 35.4 Å². The van der Waals surface area contributed by atoms with Crippen LogP contribution in [0.25, 0.3) is 0 Å². The molecule has 214 valence electrons. The standard InChI is InChI=1S/C32H43ClN2O2S.BrH/c1-3-4-5-6-7-8-9-10-11-12-13-14-21-37-29-19-20-31(30(33)22-29)34-32(36)28-17-15-27(16-18-28)24-35-23-26(2)38-25-35;/h15-20,22-23,25H,3-14,21,24H2,1-2H3;1H. The molecule has 0 aliphatic rings. The largest absolute Gasteiger partial charge is 1.00 e. The van der Waals surface area contributed by atoms with Crippen molar-refractivity contribution in [2.75, 3.05) is 11.9 Å². The van der Waals surface area contributed by atoms with E-state index in [1.165, 1.54) is 75.5 Å². The first kappa shape index (κ1) is 33.3. The van der Waals surface area contributed by atoms with Crippen LogP contribution in [-0.2, 0) is 6.54 Å². The molecule has 0 radical (unpaired) electrons. The minimum atomic E-state index is -0.178. The van der Waals surface area contributed by atoms with E-state index in [4.69, 9.17) is 16.3 Å². The normalized spacial score (nSPS) is 10.7. The van der Waals surface area contributed by atoms with Crippen LogP contribution in [0.5, 0.6) is 5.75 Å². The van der Waals surface area contributed by atoms with Crippen LogP contribution in [0.15, 0.2) is 54.2 Å². The molecule has 2 aromatic carbocycles. The number of carbonyl (C=O) groups excluding carboxylic acids is 1. The number of aryl methyl sites for hydroxylation is 1. The lowest BCUT2D eigenvalue weighted by Crippen LogP contribution is -3.00. The van der Waals surface area contributed by atoms with Gasteiger partial charge in [0.25, 0.3) is 5.91 Å². The third kappa shape index (κ3) is 12.9. The molecule has 0 aliphatic carbocycles. The Morgan fingerprint density at radius 2 is 1.51 bits per heavy atom. The summed E-state index contributed by atoms with van der Waals surface area (Å²) in [6.45, 7) is 5.85. The number of nitrogens with zero attached hydrogens (tertiary/aromatic N) is 1. The lowest BCUT2D eigenvalue weighted by atomic mass is 10.1. The number of aromatic nitrogens is 1. The van der Waals surface area contributed by atoms with E-state index >= 15 is 0 Å². The summed E-state index contributed by atoms with van der Waals surface area (Å²) in [6.07, 6.45) is 18.0. The predicted octanol–water partition coefficient (Wildman–Crippen LogP) is 6.38. The van der Waals surface area contributed by atoms with E-state index in [-0.39, 0.29) is 22.9 Å². The van der Waals surface area contributed by atoms with Gasteiger partial charge in [0.2, 0.25) is 5.51 Å². The van der Waals surface area contributed by atoms with Crippen LogP contribution in [0, 0.1) is 6.92 Å². The van der Waals surface area contributed by atoms with Crippen molar-refractivity contribution in [2.24, 2.45) is 0 Å². The summed E-state index contributed by atoms with van der Waals surface area (Å²) in [4.78, 5) is 14.0. The Hall–Kier alpha value is -1.89. The quantitative estimate of drug-likeness (QED) is 0.130. The number of benzene rings is 2. The van der Waals surface area contributed by atoms with Gasteiger partial charge in [-0.05, 0) is 37.6 Å². The Morgan fingerprint density at radius 1 is 0.897 bits per heavy atom. The first-order valence-corrected chi connectivity index (χ1v) is 15.6. The highest BCUT2D eigenvalue weighted by Crippen LogP contribution is 2.27. The SMILES string of the molecule is CCCCCCCCCCCCCCOc1ccc(NC(=O)c2ccc(C[n+]3csc(C)c3)cc2)c(Cl)c1.[Br-]. The molecule has 0 spiro atoms. The van der Waals surface area contributed by atoms with Gasteiger partial charge < -0.3 is 27.0 Å². The Balaban J connectivity index is 0.00000533. The highest BCUT2D eigenvalue weighted by atomic mass is 79.9. The predicted molar refractivity (Wildman–Crippen MR) is 161 cm³/mol. The number of hydrogen-bond acceptors (Lipinski definition) is 3. The summed E-state index contributed by atoms with van der Waals surface area (Å²) in [5, 5.41) is 3.39. The van der Waals surface area contributed by atoms with E-state index in [1.807, 2.05) is 36.4 Å². The second-order valence-electron chi connectivity index (χ2n) is 10.2. The summed E-state index contributed by atoms with van der Waals surface area (Å²) in [7, 11) is 0. The third-order valence-corrected chi connectivity index (χ3v) is 7.92. The number of nitrogens with one attached hydrogen (secondary N) is 1. The van der Waals surface area contributed by atoms with Crippen LogP contribution in [0.2, 0.25) is 5.02 Å². The Kier molecular flexibility index (Phi) is 16.4. The van der Waals surface area contributed by atoms with Crippen molar-refractivity contribution in [3.05, 3.63) is 75.2 Å². The molecule has 0 saturated heterocycles. The average molecular weight is 636 g/mol. The van der Waals surface area contributed by atoms with Gasteiger partial charge in [-0.3, -0.25) is 4.79 Å². The molecule has 3 aromatic rings. The van der Waals surface area contributed by atoms with Gasteiger partial charge in [-0.2, -0.15) is 4.57 Å². The molecule has 0 aliphatic heterocycles. The van der Waals surface area contributed by atoms with Crippen LogP contribution in [0.1, 0.15) is 105 Å². The van der Waals surface area contributed by atoms with Crippen molar-refractivity contribution in [3.8, 4) is 5.75 Å². The number of rotatable bonds is 18. The van der Waals surface area contributed by atoms with Crippen molar-refractivity contribution in [1.82, 2.24) is 0 Å². The lowest BCUT2D eigenvalue weighted by Gasteiger charge is -2.11. The number of hydrogen-bond donors (Lipinski definition) is 1.